The van der Waals surface area contributed by atoms with Gasteiger partial charge in [-0.3, -0.25) is 19.2 Å². The van der Waals surface area contributed by atoms with E-state index in [1.54, 1.807) is 29.2 Å². The van der Waals surface area contributed by atoms with E-state index < -0.39 is 17.4 Å². The van der Waals surface area contributed by atoms with Crippen LogP contribution < -0.4 is 15.6 Å². The van der Waals surface area contributed by atoms with Gasteiger partial charge in [-0.05, 0) is 47.9 Å². The van der Waals surface area contributed by atoms with Gasteiger partial charge in [0.1, 0.15) is 6.04 Å². The topological polar surface area (TPSA) is 123 Å². The van der Waals surface area contributed by atoms with Crippen LogP contribution in [0, 0.1) is 0 Å². The lowest BCUT2D eigenvalue weighted by Crippen LogP contribution is -2.55. The summed E-state index contributed by atoms with van der Waals surface area (Å²) in [6, 6.07) is 19.6. The number of carbonyl (C=O) groups is 3. The number of piperazine rings is 1. The van der Waals surface area contributed by atoms with Crippen LogP contribution in [0.3, 0.4) is 0 Å². The van der Waals surface area contributed by atoms with Gasteiger partial charge in [0.2, 0.25) is 11.8 Å². The van der Waals surface area contributed by atoms with Crippen molar-refractivity contribution >= 4 is 46.0 Å². The number of phenols is 1. The molecule has 3 aromatic carbocycles. The van der Waals surface area contributed by atoms with Crippen molar-refractivity contribution in [2.75, 3.05) is 37.6 Å². The molecule has 232 valence electrons. The average molecular weight is 629 g/mol. The van der Waals surface area contributed by atoms with Crippen LogP contribution in [0.2, 0.25) is 5.02 Å². The molecule has 11 heteroatoms. The number of amides is 3. The maximum absolute atomic E-state index is 13.9. The number of rotatable bonds is 8. The van der Waals surface area contributed by atoms with Gasteiger partial charge in [0.05, 0.1) is 5.39 Å². The number of likely N-dealkylation sites (tertiary alicyclic amines) is 1. The standard InChI is InChI=1S/C34H33ClN4O6/c35-24-12-10-22(11-13-24)19-26(36-33(43)30-20-29(41)25-6-3-8-28(40)32(25)45-30)34(44)38-17-15-37(16-18-38)27-7-2-1-5-23(27)21-39-14-4-9-31(39)42/h1-3,5-8,10-13,20,26,40H,4,9,14-19,21H2,(H,36,43)/t26-/m1/s1. The van der Waals surface area contributed by atoms with Crippen LogP contribution in [0.5, 0.6) is 5.75 Å². The fourth-order valence-corrected chi connectivity index (χ4v) is 6.10. The van der Waals surface area contributed by atoms with Gasteiger partial charge in [-0.1, -0.05) is 48.0 Å². The average Bonchev–Trinajstić information content (AvgIpc) is 3.46. The van der Waals surface area contributed by atoms with Crippen molar-refractivity contribution in [3.8, 4) is 5.75 Å². The van der Waals surface area contributed by atoms with E-state index in [-0.39, 0.29) is 40.7 Å². The molecule has 45 heavy (non-hydrogen) atoms. The van der Waals surface area contributed by atoms with Gasteiger partial charge in [0.15, 0.2) is 22.5 Å². The Hall–Kier alpha value is -4.83. The summed E-state index contributed by atoms with van der Waals surface area (Å²) < 4.78 is 5.62. The third kappa shape index (κ3) is 6.66. The minimum Gasteiger partial charge on any atom is -0.504 e. The number of anilines is 1. The predicted molar refractivity (Wildman–Crippen MR) is 170 cm³/mol. The summed E-state index contributed by atoms with van der Waals surface area (Å²) in [5.74, 6) is -1.40. The molecule has 2 fully saturated rings. The van der Waals surface area contributed by atoms with Crippen LogP contribution in [0.15, 0.2) is 82.0 Å². The number of fused-ring (bicyclic) bond motifs is 1. The third-order valence-corrected chi connectivity index (χ3v) is 8.62. The Balaban J connectivity index is 1.19. The Kier molecular flexibility index (Phi) is 8.75. The normalized spacial score (nSPS) is 15.8. The number of nitrogens with one attached hydrogen (secondary N) is 1. The molecule has 0 saturated carbocycles. The summed E-state index contributed by atoms with van der Waals surface area (Å²) in [7, 11) is 0. The van der Waals surface area contributed by atoms with E-state index in [1.165, 1.54) is 18.2 Å². The molecule has 2 aliphatic heterocycles. The summed E-state index contributed by atoms with van der Waals surface area (Å²) in [6.07, 6.45) is 1.66. The van der Waals surface area contributed by atoms with E-state index in [4.69, 9.17) is 16.0 Å². The number of carbonyl (C=O) groups excluding carboxylic acids is 3. The molecule has 2 saturated heterocycles. The Labute approximate surface area is 264 Å². The predicted octanol–water partition coefficient (Wildman–Crippen LogP) is 3.96. The molecule has 0 spiro atoms. The molecule has 0 radical (unpaired) electrons. The summed E-state index contributed by atoms with van der Waals surface area (Å²) in [4.78, 5) is 58.1. The number of phenolic OH excluding ortho intramolecular Hbond substituents is 1. The van der Waals surface area contributed by atoms with Crippen LogP contribution in [0.1, 0.15) is 34.5 Å². The van der Waals surface area contributed by atoms with E-state index in [0.717, 1.165) is 35.8 Å². The molecule has 2 aliphatic rings. The highest BCUT2D eigenvalue weighted by molar-refractivity contribution is 6.30. The molecule has 3 amide bonds. The Morgan fingerprint density at radius 3 is 2.42 bits per heavy atom. The quantitative estimate of drug-likeness (QED) is 0.303. The highest BCUT2D eigenvalue weighted by Crippen LogP contribution is 2.26. The smallest absolute Gasteiger partial charge is 0.287 e. The molecule has 0 bridgehead atoms. The zero-order chi connectivity index (χ0) is 31.5. The number of hydrogen-bond donors (Lipinski definition) is 2. The second-order valence-electron chi connectivity index (χ2n) is 11.3. The van der Waals surface area contributed by atoms with Crippen LogP contribution in [-0.2, 0) is 22.6 Å². The molecule has 1 aromatic heterocycles. The lowest BCUT2D eigenvalue weighted by molar-refractivity contribution is -0.133. The lowest BCUT2D eigenvalue weighted by Gasteiger charge is -2.38. The first kappa shape index (κ1) is 30.2. The number of halogens is 1. The fourth-order valence-electron chi connectivity index (χ4n) is 5.98. The SMILES string of the molecule is O=C(N[C@H](Cc1ccc(Cl)cc1)C(=O)N1CCN(c2ccccc2CN2CCCC2=O)CC1)c1cc(=O)c2cccc(O)c2o1. The van der Waals surface area contributed by atoms with Gasteiger partial charge >= 0.3 is 0 Å². The molecule has 0 aliphatic carbocycles. The zero-order valence-corrected chi connectivity index (χ0v) is 25.3. The monoisotopic (exact) mass is 628 g/mol. The lowest BCUT2D eigenvalue weighted by atomic mass is 10.0. The minimum absolute atomic E-state index is 0.0961. The number of hydrogen-bond acceptors (Lipinski definition) is 7. The van der Waals surface area contributed by atoms with Crippen LogP contribution in [-0.4, -0.2) is 71.4 Å². The Bertz CT molecular complexity index is 1800. The zero-order valence-electron chi connectivity index (χ0n) is 24.6. The maximum Gasteiger partial charge on any atom is 0.287 e. The third-order valence-electron chi connectivity index (χ3n) is 8.37. The molecular formula is C34H33ClN4O6. The highest BCUT2D eigenvalue weighted by Gasteiger charge is 2.31. The van der Waals surface area contributed by atoms with Gasteiger partial charge in [-0.2, -0.15) is 0 Å². The van der Waals surface area contributed by atoms with Crippen LogP contribution >= 0.6 is 11.6 Å². The first-order valence-electron chi connectivity index (χ1n) is 15.0. The van der Waals surface area contributed by atoms with E-state index in [1.807, 2.05) is 29.2 Å². The minimum atomic E-state index is -0.955. The molecule has 4 aromatic rings. The van der Waals surface area contributed by atoms with E-state index in [9.17, 15) is 24.3 Å². The molecule has 1 atom stereocenters. The van der Waals surface area contributed by atoms with Crippen molar-refractivity contribution in [2.24, 2.45) is 0 Å². The number of aromatic hydroxyl groups is 1. The number of para-hydroxylation sites is 2. The summed E-state index contributed by atoms with van der Waals surface area (Å²) in [6.45, 7) is 3.35. The van der Waals surface area contributed by atoms with Crippen molar-refractivity contribution in [2.45, 2.75) is 31.8 Å². The van der Waals surface area contributed by atoms with Crippen molar-refractivity contribution < 1.29 is 23.9 Å². The molecule has 10 nitrogen and oxygen atoms in total. The highest BCUT2D eigenvalue weighted by atomic mass is 35.5. The van der Waals surface area contributed by atoms with Crippen molar-refractivity contribution in [1.82, 2.24) is 15.1 Å². The second-order valence-corrected chi connectivity index (χ2v) is 11.8. The Morgan fingerprint density at radius 2 is 1.69 bits per heavy atom. The van der Waals surface area contributed by atoms with E-state index in [0.29, 0.717) is 44.2 Å². The van der Waals surface area contributed by atoms with Crippen LogP contribution in [0.4, 0.5) is 5.69 Å². The molecular weight excluding hydrogens is 596 g/mol. The van der Waals surface area contributed by atoms with Crippen molar-refractivity contribution in [3.05, 3.63) is 105 Å². The first-order valence-corrected chi connectivity index (χ1v) is 15.3. The molecule has 2 N–H and O–H groups in total. The van der Waals surface area contributed by atoms with Crippen LogP contribution in [0.25, 0.3) is 11.0 Å². The first-order chi connectivity index (χ1) is 21.8. The molecule has 0 unspecified atom stereocenters. The van der Waals surface area contributed by atoms with Crippen molar-refractivity contribution in [3.63, 3.8) is 0 Å². The number of benzene rings is 3. The second kappa shape index (κ2) is 13.0. The van der Waals surface area contributed by atoms with Gasteiger partial charge in [-0.25, -0.2) is 0 Å². The summed E-state index contributed by atoms with van der Waals surface area (Å²) >= 11 is 6.07. The maximum atomic E-state index is 13.9. The Morgan fingerprint density at radius 1 is 0.933 bits per heavy atom. The van der Waals surface area contributed by atoms with Gasteiger partial charge in [0.25, 0.3) is 5.91 Å². The van der Waals surface area contributed by atoms with E-state index >= 15 is 0 Å². The van der Waals surface area contributed by atoms with Gasteiger partial charge < -0.3 is 29.5 Å². The summed E-state index contributed by atoms with van der Waals surface area (Å²) in [5, 5.41) is 13.7. The van der Waals surface area contributed by atoms with Gasteiger partial charge in [-0.15, -0.1) is 0 Å². The molecule has 3 heterocycles. The fraction of sp³-hybridized carbons (Fsp3) is 0.294. The van der Waals surface area contributed by atoms with Crippen molar-refractivity contribution in [1.29, 1.82) is 0 Å². The number of nitrogens with zero attached hydrogens (tertiary/aromatic N) is 3. The van der Waals surface area contributed by atoms with E-state index in [2.05, 4.69) is 10.2 Å². The molecule has 6 rings (SSSR count). The summed E-state index contributed by atoms with van der Waals surface area (Å²) in [5.41, 5.74) is 2.33. The van der Waals surface area contributed by atoms with Gasteiger partial charge in [0, 0.05) is 68.9 Å². The largest absolute Gasteiger partial charge is 0.504 e.